The van der Waals surface area contributed by atoms with E-state index < -0.39 is 11.4 Å². The fourth-order valence-electron chi connectivity index (χ4n) is 1.14. The molecule has 18 heavy (non-hydrogen) atoms. The van der Waals surface area contributed by atoms with Gasteiger partial charge in [-0.25, -0.2) is 9.78 Å². The van der Waals surface area contributed by atoms with Crippen molar-refractivity contribution in [1.29, 1.82) is 0 Å². The summed E-state index contributed by atoms with van der Waals surface area (Å²) in [7, 11) is 0. The molecule has 1 heterocycles. The summed E-state index contributed by atoms with van der Waals surface area (Å²) < 4.78 is 11.4. The first-order valence-electron chi connectivity index (χ1n) is 5.71. The number of hydrogen-bond acceptors (Lipinski definition) is 5. The van der Waals surface area contributed by atoms with Gasteiger partial charge >= 0.3 is 11.9 Å². The fourth-order valence-corrected chi connectivity index (χ4v) is 1.14. The van der Waals surface area contributed by atoms with E-state index >= 15 is 0 Å². The minimum absolute atomic E-state index is 0.0513. The summed E-state index contributed by atoms with van der Waals surface area (Å²) >= 11 is 0. The molecule has 0 fully saturated rings. The number of imidazole rings is 1. The summed E-state index contributed by atoms with van der Waals surface area (Å²) in [6.07, 6.45) is 3.01. The number of ether oxygens (including phenoxy) is 2. The van der Waals surface area contributed by atoms with Crippen molar-refractivity contribution in [2.24, 2.45) is 5.41 Å². The second-order valence-electron chi connectivity index (χ2n) is 4.75. The van der Waals surface area contributed by atoms with Crippen LogP contribution in [0.2, 0.25) is 0 Å². The maximum atomic E-state index is 11.6. The second-order valence-corrected chi connectivity index (χ2v) is 4.75. The second kappa shape index (κ2) is 5.66. The van der Waals surface area contributed by atoms with Crippen LogP contribution in [-0.4, -0.2) is 28.1 Å². The molecule has 0 aliphatic carbocycles. The third-order valence-electron chi connectivity index (χ3n) is 2.12. The first kappa shape index (κ1) is 14.2. The van der Waals surface area contributed by atoms with Gasteiger partial charge in [-0.05, 0) is 27.7 Å². The number of esters is 2. The van der Waals surface area contributed by atoms with Crippen LogP contribution in [0.4, 0.5) is 0 Å². The van der Waals surface area contributed by atoms with Gasteiger partial charge in [-0.3, -0.25) is 9.36 Å². The minimum atomic E-state index is -0.579. The summed E-state index contributed by atoms with van der Waals surface area (Å²) in [6, 6.07) is 0. The van der Waals surface area contributed by atoms with Crippen molar-refractivity contribution in [3.05, 3.63) is 18.2 Å². The quantitative estimate of drug-likeness (QED) is 0.763. The molecule has 0 aliphatic heterocycles. The highest BCUT2D eigenvalue weighted by atomic mass is 16.5. The Morgan fingerprint density at radius 3 is 2.56 bits per heavy atom. The maximum Gasteiger partial charge on any atom is 0.374 e. The topological polar surface area (TPSA) is 70.4 Å². The van der Waals surface area contributed by atoms with Crippen LogP contribution >= 0.6 is 0 Å². The number of rotatable bonds is 4. The van der Waals surface area contributed by atoms with Crippen molar-refractivity contribution in [3.63, 3.8) is 0 Å². The predicted octanol–water partition coefficient (Wildman–Crippen LogP) is 1.61. The van der Waals surface area contributed by atoms with E-state index in [1.807, 2.05) is 0 Å². The van der Waals surface area contributed by atoms with E-state index in [-0.39, 0.29) is 25.1 Å². The minimum Gasteiger partial charge on any atom is -0.460 e. The highest BCUT2D eigenvalue weighted by molar-refractivity contribution is 5.85. The standard InChI is InChI=1S/C12H18N2O4/c1-5-17-10(15)9-13-6-7-14(9)8-18-11(16)12(2,3)4/h6-7H,5,8H2,1-4H3. The smallest absolute Gasteiger partial charge is 0.374 e. The van der Waals surface area contributed by atoms with Crippen molar-refractivity contribution in [2.45, 2.75) is 34.4 Å². The predicted molar refractivity (Wildman–Crippen MR) is 63.7 cm³/mol. The lowest BCUT2D eigenvalue weighted by molar-refractivity contribution is -0.157. The SMILES string of the molecule is CCOC(=O)c1nccn1COC(=O)C(C)(C)C. The molecule has 0 saturated carbocycles. The molecule has 1 rings (SSSR count). The molecule has 6 heteroatoms. The van der Waals surface area contributed by atoms with Gasteiger partial charge in [-0.2, -0.15) is 0 Å². The number of carbonyl (C=O) groups excluding carboxylic acids is 2. The van der Waals surface area contributed by atoms with Crippen LogP contribution in [0.25, 0.3) is 0 Å². The van der Waals surface area contributed by atoms with Gasteiger partial charge in [0, 0.05) is 12.4 Å². The van der Waals surface area contributed by atoms with Gasteiger partial charge in [0.1, 0.15) is 0 Å². The molecule has 0 N–H and O–H groups in total. The summed E-state index contributed by atoms with van der Waals surface area (Å²) in [4.78, 5) is 27.0. The summed E-state index contributed by atoms with van der Waals surface area (Å²) in [5.74, 6) is -0.751. The lowest BCUT2D eigenvalue weighted by atomic mass is 9.98. The molecular formula is C12H18N2O4. The summed E-state index contributed by atoms with van der Waals surface area (Å²) in [5, 5.41) is 0. The van der Waals surface area contributed by atoms with E-state index in [2.05, 4.69) is 4.98 Å². The van der Waals surface area contributed by atoms with Crippen LogP contribution in [-0.2, 0) is 21.0 Å². The number of aromatic nitrogens is 2. The summed E-state index contributed by atoms with van der Waals surface area (Å²) in [5.41, 5.74) is -0.579. The lowest BCUT2D eigenvalue weighted by Gasteiger charge is -2.17. The molecule has 6 nitrogen and oxygen atoms in total. The molecule has 0 aromatic carbocycles. The zero-order chi connectivity index (χ0) is 13.8. The van der Waals surface area contributed by atoms with Gasteiger partial charge in [-0.15, -0.1) is 0 Å². The molecule has 100 valence electrons. The Kier molecular flexibility index (Phi) is 4.47. The van der Waals surface area contributed by atoms with Crippen LogP contribution < -0.4 is 0 Å². The van der Waals surface area contributed by atoms with Gasteiger partial charge in [0.25, 0.3) is 0 Å². The molecular weight excluding hydrogens is 236 g/mol. The average molecular weight is 254 g/mol. The molecule has 0 atom stereocenters. The number of carbonyl (C=O) groups is 2. The molecule has 0 bridgehead atoms. The Balaban J connectivity index is 2.67. The molecule has 0 aliphatic rings. The Hall–Kier alpha value is -1.85. The normalized spacial score (nSPS) is 11.1. The van der Waals surface area contributed by atoms with E-state index in [4.69, 9.17) is 9.47 Å². The first-order chi connectivity index (χ1) is 8.36. The zero-order valence-corrected chi connectivity index (χ0v) is 11.1. The van der Waals surface area contributed by atoms with Crippen LogP contribution in [0.5, 0.6) is 0 Å². The highest BCUT2D eigenvalue weighted by Crippen LogP contribution is 2.15. The molecule has 1 aromatic heterocycles. The van der Waals surface area contributed by atoms with Gasteiger partial charge in [0.15, 0.2) is 6.73 Å². The van der Waals surface area contributed by atoms with E-state index in [1.165, 1.54) is 10.8 Å². The fraction of sp³-hybridized carbons (Fsp3) is 0.583. The van der Waals surface area contributed by atoms with Crippen molar-refractivity contribution in [1.82, 2.24) is 9.55 Å². The first-order valence-corrected chi connectivity index (χ1v) is 5.71. The Labute approximate surface area is 106 Å². The Morgan fingerprint density at radius 2 is 2.00 bits per heavy atom. The molecule has 0 unspecified atom stereocenters. The van der Waals surface area contributed by atoms with Crippen molar-refractivity contribution in [2.75, 3.05) is 6.61 Å². The van der Waals surface area contributed by atoms with Crippen LogP contribution in [0.15, 0.2) is 12.4 Å². The van der Waals surface area contributed by atoms with Gasteiger partial charge < -0.3 is 9.47 Å². The van der Waals surface area contributed by atoms with Gasteiger partial charge in [0.05, 0.1) is 12.0 Å². The van der Waals surface area contributed by atoms with Crippen LogP contribution in [0, 0.1) is 5.41 Å². The molecule has 0 spiro atoms. The average Bonchev–Trinajstić information content (AvgIpc) is 2.72. The third kappa shape index (κ3) is 3.58. The Bertz CT molecular complexity index is 432. The molecule has 0 saturated heterocycles. The Morgan fingerprint density at radius 1 is 1.33 bits per heavy atom. The molecule has 1 aromatic rings. The van der Waals surface area contributed by atoms with E-state index in [0.717, 1.165) is 0 Å². The lowest BCUT2D eigenvalue weighted by Crippen LogP contribution is -2.25. The third-order valence-corrected chi connectivity index (χ3v) is 2.12. The van der Waals surface area contributed by atoms with Crippen molar-refractivity contribution in [3.8, 4) is 0 Å². The molecule has 0 radical (unpaired) electrons. The van der Waals surface area contributed by atoms with Crippen LogP contribution in [0.3, 0.4) is 0 Å². The van der Waals surface area contributed by atoms with Gasteiger partial charge in [-0.1, -0.05) is 0 Å². The van der Waals surface area contributed by atoms with E-state index in [9.17, 15) is 9.59 Å². The van der Waals surface area contributed by atoms with Crippen molar-refractivity contribution < 1.29 is 19.1 Å². The zero-order valence-electron chi connectivity index (χ0n) is 11.1. The van der Waals surface area contributed by atoms with Crippen molar-refractivity contribution >= 4 is 11.9 Å². The molecule has 0 amide bonds. The van der Waals surface area contributed by atoms with E-state index in [1.54, 1.807) is 33.9 Å². The highest BCUT2D eigenvalue weighted by Gasteiger charge is 2.23. The number of hydrogen-bond donors (Lipinski definition) is 0. The van der Waals surface area contributed by atoms with Gasteiger partial charge in [0.2, 0.25) is 5.82 Å². The monoisotopic (exact) mass is 254 g/mol. The number of nitrogens with zero attached hydrogens (tertiary/aromatic N) is 2. The largest absolute Gasteiger partial charge is 0.460 e. The van der Waals surface area contributed by atoms with E-state index in [0.29, 0.717) is 0 Å². The summed E-state index contributed by atoms with van der Waals surface area (Å²) in [6.45, 7) is 7.21. The van der Waals surface area contributed by atoms with Crippen LogP contribution in [0.1, 0.15) is 38.3 Å². The maximum absolute atomic E-state index is 11.6.